The molecule has 9 heteroatoms. The van der Waals surface area contributed by atoms with Crippen LogP contribution >= 0.6 is 23.1 Å². The summed E-state index contributed by atoms with van der Waals surface area (Å²) < 4.78 is 0.692. The number of hydrogen-bond donors (Lipinski definition) is 3. The summed E-state index contributed by atoms with van der Waals surface area (Å²) in [5, 5.41) is 16.7. The highest BCUT2D eigenvalue weighted by Crippen LogP contribution is 2.30. The van der Waals surface area contributed by atoms with Crippen molar-refractivity contribution in [2.24, 2.45) is 0 Å². The third kappa shape index (κ3) is 5.80. The first-order valence-electron chi connectivity index (χ1n) is 7.12. The van der Waals surface area contributed by atoms with E-state index in [2.05, 4.69) is 26.1 Å². The molecule has 0 bridgehead atoms. The first-order chi connectivity index (χ1) is 10.2. The maximum atomic E-state index is 11.9. The van der Waals surface area contributed by atoms with Gasteiger partial charge in [0, 0.05) is 11.6 Å². The Kier molecular flexibility index (Phi) is 5.28. The molecule has 1 unspecified atom stereocenters. The van der Waals surface area contributed by atoms with Gasteiger partial charge in [-0.2, -0.15) is 0 Å². The molecule has 1 fully saturated rings. The van der Waals surface area contributed by atoms with E-state index in [9.17, 15) is 9.59 Å². The number of rotatable bonds is 5. The largest absolute Gasteiger partial charge is 0.355 e. The van der Waals surface area contributed by atoms with Crippen LogP contribution in [0.25, 0.3) is 0 Å². The van der Waals surface area contributed by atoms with Crippen molar-refractivity contribution >= 4 is 40.2 Å². The lowest BCUT2D eigenvalue weighted by Gasteiger charge is -2.18. The van der Waals surface area contributed by atoms with E-state index in [1.165, 1.54) is 23.1 Å². The molecule has 2 rings (SSSR count). The van der Waals surface area contributed by atoms with E-state index >= 15 is 0 Å². The predicted octanol–water partition coefficient (Wildman–Crippen LogP) is 2.22. The SMILES string of the molecule is CC(Sc1nnc(NC(C)(C)C)s1)C(=O)NC(=O)NC1CC1. The predicted molar refractivity (Wildman–Crippen MR) is 88.3 cm³/mol. The topological polar surface area (TPSA) is 96.0 Å². The van der Waals surface area contributed by atoms with Crippen LogP contribution in [0.4, 0.5) is 9.93 Å². The van der Waals surface area contributed by atoms with E-state index in [0.717, 1.165) is 12.8 Å². The number of anilines is 1. The van der Waals surface area contributed by atoms with Gasteiger partial charge in [-0.15, -0.1) is 10.2 Å². The summed E-state index contributed by atoms with van der Waals surface area (Å²) in [5.74, 6) is -0.330. The Labute approximate surface area is 138 Å². The number of thioether (sulfide) groups is 1. The first-order valence-corrected chi connectivity index (χ1v) is 8.82. The highest BCUT2D eigenvalue weighted by atomic mass is 32.2. The second-order valence-corrected chi connectivity index (χ2v) is 8.81. The van der Waals surface area contributed by atoms with Gasteiger partial charge in [0.25, 0.3) is 0 Å². The molecule has 1 aliphatic carbocycles. The molecule has 1 heterocycles. The van der Waals surface area contributed by atoms with Crippen LogP contribution in [-0.2, 0) is 4.79 Å². The molecule has 3 N–H and O–H groups in total. The molecular weight excluding hydrogens is 322 g/mol. The van der Waals surface area contributed by atoms with E-state index in [4.69, 9.17) is 0 Å². The van der Waals surface area contributed by atoms with E-state index < -0.39 is 11.3 Å². The second-order valence-electron chi connectivity index (χ2n) is 6.25. The Hall–Kier alpha value is -1.35. The lowest BCUT2D eigenvalue weighted by Crippen LogP contribution is -2.43. The van der Waals surface area contributed by atoms with Crippen LogP contribution < -0.4 is 16.0 Å². The second kappa shape index (κ2) is 6.82. The van der Waals surface area contributed by atoms with E-state index in [1.807, 2.05) is 20.8 Å². The fourth-order valence-corrected chi connectivity index (χ4v) is 3.60. The molecule has 1 saturated carbocycles. The number of urea groups is 1. The molecule has 0 spiro atoms. The molecule has 0 radical (unpaired) electrons. The number of hydrogen-bond acceptors (Lipinski definition) is 7. The van der Waals surface area contributed by atoms with Crippen LogP contribution in [0.15, 0.2) is 4.34 Å². The molecule has 3 amide bonds. The normalized spacial score (nSPS) is 16.0. The molecule has 0 saturated heterocycles. The van der Waals surface area contributed by atoms with Gasteiger partial charge in [0.1, 0.15) is 0 Å². The molecule has 122 valence electrons. The number of nitrogens with one attached hydrogen (secondary N) is 3. The van der Waals surface area contributed by atoms with Gasteiger partial charge in [-0.05, 0) is 40.5 Å². The highest BCUT2D eigenvalue weighted by molar-refractivity contribution is 8.02. The van der Waals surface area contributed by atoms with Gasteiger partial charge in [-0.3, -0.25) is 10.1 Å². The Morgan fingerprint density at radius 3 is 2.59 bits per heavy atom. The van der Waals surface area contributed by atoms with Gasteiger partial charge in [0.2, 0.25) is 11.0 Å². The fraction of sp³-hybridized carbons (Fsp3) is 0.692. The zero-order valence-electron chi connectivity index (χ0n) is 13.1. The standard InChI is InChI=1S/C13H21N5O2S2/c1-7(9(19)15-10(20)14-8-5-6-8)21-12-18-17-11(22-12)16-13(2,3)4/h7-8H,5-6H2,1-4H3,(H,16,17)(H2,14,15,19,20). The van der Waals surface area contributed by atoms with E-state index in [0.29, 0.717) is 9.47 Å². The van der Waals surface area contributed by atoms with Crippen LogP contribution in [0.2, 0.25) is 0 Å². The molecule has 7 nitrogen and oxygen atoms in total. The summed E-state index contributed by atoms with van der Waals surface area (Å²) in [6.07, 6.45) is 1.97. The van der Waals surface area contributed by atoms with Gasteiger partial charge in [0.15, 0.2) is 4.34 Å². The van der Waals surface area contributed by atoms with Crippen LogP contribution in [0.5, 0.6) is 0 Å². The highest BCUT2D eigenvalue weighted by Gasteiger charge is 2.25. The van der Waals surface area contributed by atoms with Gasteiger partial charge < -0.3 is 10.6 Å². The molecule has 0 aromatic carbocycles. The average Bonchev–Trinajstić information content (AvgIpc) is 3.07. The summed E-state index contributed by atoms with van der Waals surface area (Å²) in [4.78, 5) is 23.5. The third-order valence-corrected chi connectivity index (χ3v) is 4.71. The Balaban J connectivity index is 1.81. The zero-order valence-corrected chi connectivity index (χ0v) is 14.7. The van der Waals surface area contributed by atoms with Gasteiger partial charge in [-0.25, -0.2) is 4.79 Å². The van der Waals surface area contributed by atoms with Crippen LogP contribution in [0, 0.1) is 0 Å². The van der Waals surface area contributed by atoms with Crippen LogP contribution in [0.1, 0.15) is 40.5 Å². The van der Waals surface area contributed by atoms with Crippen molar-refractivity contribution in [2.75, 3.05) is 5.32 Å². The maximum Gasteiger partial charge on any atom is 0.321 e. The Morgan fingerprint density at radius 1 is 1.32 bits per heavy atom. The summed E-state index contributed by atoms with van der Waals surface area (Å²) >= 11 is 2.68. The lowest BCUT2D eigenvalue weighted by atomic mass is 10.1. The maximum absolute atomic E-state index is 11.9. The molecule has 1 aromatic heterocycles. The number of imide groups is 1. The number of amides is 3. The zero-order chi connectivity index (χ0) is 16.3. The quantitative estimate of drug-likeness (QED) is 0.710. The summed E-state index contributed by atoms with van der Waals surface area (Å²) in [6.45, 7) is 7.85. The van der Waals surface area contributed by atoms with E-state index in [1.54, 1.807) is 6.92 Å². The van der Waals surface area contributed by atoms with Gasteiger partial charge in [0.05, 0.1) is 5.25 Å². The monoisotopic (exact) mass is 343 g/mol. The van der Waals surface area contributed by atoms with Crippen LogP contribution in [-0.4, -0.2) is 39.0 Å². The van der Waals surface area contributed by atoms with Crippen molar-refractivity contribution in [3.63, 3.8) is 0 Å². The molecule has 22 heavy (non-hydrogen) atoms. The van der Waals surface area contributed by atoms with Crippen molar-refractivity contribution < 1.29 is 9.59 Å². The summed E-state index contributed by atoms with van der Waals surface area (Å²) in [5.41, 5.74) is -0.0919. The third-order valence-electron chi connectivity index (χ3n) is 2.68. The molecule has 1 aliphatic rings. The molecule has 1 aromatic rings. The van der Waals surface area contributed by atoms with Crippen molar-refractivity contribution in [3.05, 3.63) is 0 Å². The van der Waals surface area contributed by atoms with E-state index in [-0.39, 0.29) is 17.5 Å². The first kappa shape index (κ1) is 17.0. The fourth-order valence-electron chi connectivity index (χ4n) is 1.50. The number of aromatic nitrogens is 2. The van der Waals surface area contributed by atoms with Gasteiger partial charge in [-0.1, -0.05) is 23.1 Å². The van der Waals surface area contributed by atoms with Crippen molar-refractivity contribution in [2.45, 2.75) is 61.7 Å². The average molecular weight is 343 g/mol. The minimum Gasteiger partial charge on any atom is -0.355 e. The van der Waals surface area contributed by atoms with Crippen LogP contribution in [0.3, 0.4) is 0 Å². The van der Waals surface area contributed by atoms with Gasteiger partial charge >= 0.3 is 6.03 Å². The van der Waals surface area contributed by atoms with Crippen molar-refractivity contribution in [1.82, 2.24) is 20.8 Å². The number of carbonyl (C=O) groups is 2. The molecular formula is C13H21N5O2S2. The minimum atomic E-state index is -0.424. The number of carbonyl (C=O) groups excluding carboxylic acids is 2. The molecule has 0 aliphatic heterocycles. The number of nitrogens with zero attached hydrogens (tertiary/aromatic N) is 2. The minimum absolute atomic E-state index is 0.0919. The van der Waals surface area contributed by atoms with Crippen molar-refractivity contribution in [1.29, 1.82) is 0 Å². The summed E-state index contributed by atoms with van der Waals surface area (Å²) in [6, 6.07) is -0.197. The molecule has 1 atom stereocenters. The Morgan fingerprint density at radius 2 is 2.00 bits per heavy atom. The lowest BCUT2D eigenvalue weighted by molar-refractivity contribution is -0.119. The summed E-state index contributed by atoms with van der Waals surface area (Å²) in [7, 11) is 0. The van der Waals surface area contributed by atoms with Crippen molar-refractivity contribution in [3.8, 4) is 0 Å². The Bertz CT molecular complexity index is 551. The smallest absolute Gasteiger partial charge is 0.321 e.